The van der Waals surface area contributed by atoms with Gasteiger partial charge in [0.15, 0.2) is 0 Å². The maximum atomic E-state index is 6.19. The van der Waals surface area contributed by atoms with Crippen molar-refractivity contribution < 1.29 is 0 Å². The molecule has 0 fully saturated rings. The fraction of sp³-hybridized carbons (Fsp3) is 0.800. The van der Waals surface area contributed by atoms with E-state index in [1.165, 1.54) is 32.1 Å². The molecule has 1 rings (SSSR count). The Bertz CT molecular complexity index is 353. The first-order chi connectivity index (χ1) is 8.56. The van der Waals surface area contributed by atoms with Gasteiger partial charge in [0.25, 0.3) is 0 Å². The number of hydrogen-bond acceptors (Lipinski definition) is 2. The second-order valence-corrected chi connectivity index (χ2v) is 5.66. The minimum atomic E-state index is 0.609. The molecule has 1 aromatic heterocycles. The fourth-order valence-electron chi connectivity index (χ4n) is 2.32. The van der Waals surface area contributed by atoms with Crippen molar-refractivity contribution in [3.8, 4) is 0 Å². The van der Waals surface area contributed by atoms with Gasteiger partial charge in [-0.2, -0.15) is 0 Å². The summed E-state index contributed by atoms with van der Waals surface area (Å²) < 4.78 is 2.16. The van der Waals surface area contributed by atoms with E-state index < -0.39 is 0 Å². The second kappa shape index (κ2) is 7.45. The van der Waals surface area contributed by atoms with Gasteiger partial charge in [0.2, 0.25) is 0 Å². The zero-order valence-electron chi connectivity index (χ0n) is 12.5. The summed E-state index contributed by atoms with van der Waals surface area (Å²) in [5, 5.41) is 0. The van der Waals surface area contributed by atoms with Gasteiger partial charge in [0.1, 0.15) is 11.6 Å². The van der Waals surface area contributed by atoms with E-state index in [0.29, 0.717) is 5.92 Å². The van der Waals surface area contributed by atoms with E-state index in [2.05, 4.69) is 37.2 Å². The van der Waals surface area contributed by atoms with Gasteiger partial charge >= 0.3 is 0 Å². The number of nitrogen functional groups attached to an aromatic ring is 1. The van der Waals surface area contributed by atoms with Crippen LogP contribution in [0.15, 0.2) is 0 Å². The molecule has 0 aliphatic heterocycles. The number of imidazole rings is 1. The molecular weight excluding hydrogens is 222 g/mol. The van der Waals surface area contributed by atoms with Gasteiger partial charge < -0.3 is 10.3 Å². The molecule has 1 aromatic rings. The maximum absolute atomic E-state index is 6.19. The van der Waals surface area contributed by atoms with E-state index in [1.807, 2.05) is 0 Å². The highest BCUT2D eigenvalue weighted by Gasteiger charge is 2.12. The first-order valence-corrected chi connectivity index (χ1v) is 7.37. The summed E-state index contributed by atoms with van der Waals surface area (Å²) in [6.07, 6.45) is 7.51. The summed E-state index contributed by atoms with van der Waals surface area (Å²) in [5.74, 6) is 2.55. The number of aryl methyl sites for hydroxylation is 2. The first kappa shape index (κ1) is 15.1. The molecule has 0 aromatic carbocycles. The lowest BCUT2D eigenvalue weighted by Gasteiger charge is -2.10. The molecule has 0 radical (unpaired) electrons. The highest BCUT2D eigenvalue weighted by Crippen LogP contribution is 2.18. The Kier molecular flexibility index (Phi) is 6.23. The second-order valence-electron chi connectivity index (χ2n) is 5.66. The minimum Gasteiger partial charge on any atom is -0.384 e. The van der Waals surface area contributed by atoms with E-state index in [9.17, 15) is 0 Å². The van der Waals surface area contributed by atoms with Crippen LogP contribution in [0.5, 0.6) is 0 Å². The van der Waals surface area contributed by atoms with Crippen LogP contribution >= 0.6 is 0 Å². The molecule has 0 amide bonds. The summed E-state index contributed by atoms with van der Waals surface area (Å²) in [6.45, 7) is 9.70. The normalized spacial score (nSPS) is 11.4. The minimum absolute atomic E-state index is 0.609. The molecule has 0 bridgehead atoms. The average molecular weight is 251 g/mol. The first-order valence-electron chi connectivity index (χ1n) is 7.37. The molecule has 0 unspecified atom stereocenters. The Hall–Kier alpha value is -0.990. The molecule has 0 aliphatic carbocycles. The number of hydrogen-bond donors (Lipinski definition) is 1. The third-order valence-corrected chi connectivity index (χ3v) is 3.34. The van der Waals surface area contributed by atoms with Crippen molar-refractivity contribution >= 4 is 5.82 Å². The Balaban J connectivity index is 2.51. The number of nitrogens with two attached hydrogens (primary N) is 1. The zero-order chi connectivity index (χ0) is 13.5. The predicted molar refractivity (Wildman–Crippen MR) is 78.7 cm³/mol. The molecule has 0 saturated heterocycles. The summed E-state index contributed by atoms with van der Waals surface area (Å²) in [6, 6.07) is 0. The largest absolute Gasteiger partial charge is 0.384 e. The topological polar surface area (TPSA) is 43.8 Å². The van der Waals surface area contributed by atoms with Crippen LogP contribution in [-0.4, -0.2) is 9.55 Å². The molecule has 0 spiro atoms. The maximum Gasteiger partial charge on any atom is 0.126 e. The van der Waals surface area contributed by atoms with Crippen molar-refractivity contribution in [2.24, 2.45) is 5.92 Å². The van der Waals surface area contributed by atoms with Gasteiger partial charge in [0, 0.05) is 6.54 Å². The summed E-state index contributed by atoms with van der Waals surface area (Å²) in [4.78, 5) is 4.62. The molecule has 0 atom stereocenters. The van der Waals surface area contributed by atoms with Crippen LogP contribution < -0.4 is 5.73 Å². The summed E-state index contributed by atoms with van der Waals surface area (Å²) >= 11 is 0. The number of unbranched alkanes of at least 4 members (excludes halogenated alkanes) is 4. The monoisotopic (exact) mass is 251 g/mol. The lowest BCUT2D eigenvalue weighted by Crippen LogP contribution is -2.09. The average Bonchev–Trinajstić information content (AvgIpc) is 2.56. The van der Waals surface area contributed by atoms with Crippen molar-refractivity contribution in [1.82, 2.24) is 9.55 Å². The van der Waals surface area contributed by atoms with Crippen molar-refractivity contribution in [3.63, 3.8) is 0 Å². The number of nitrogens with zero attached hydrogens (tertiary/aromatic N) is 2. The summed E-state index contributed by atoms with van der Waals surface area (Å²) in [7, 11) is 0. The molecule has 0 aliphatic rings. The lowest BCUT2D eigenvalue weighted by molar-refractivity contribution is 0.518. The number of anilines is 1. The molecule has 0 saturated carbocycles. The predicted octanol–water partition coefficient (Wildman–Crippen LogP) is 3.94. The van der Waals surface area contributed by atoms with Crippen LogP contribution in [0.25, 0.3) is 0 Å². The van der Waals surface area contributed by atoms with Crippen molar-refractivity contribution in [3.05, 3.63) is 11.5 Å². The SMILES string of the molecule is CCCCCCCc1nc(C)n(CC(C)C)c1N. The van der Waals surface area contributed by atoms with Crippen molar-refractivity contribution in [2.75, 3.05) is 5.73 Å². The van der Waals surface area contributed by atoms with Gasteiger partial charge in [-0.1, -0.05) is 46.5 Å². The molecule has 3 heteroatoms. The van der Waals surface area contributed by atoms with E-state index in [0.717, 1.165) is 30.3 Å². The zero-order valence-corrected chi connectivity index (χ0v) is 12.5. The number of aromatic nitrogens is 2. The van der Waals surface area contributed by atoms with Crippen LogP contribution in [-0.2, 0) is 13.0 Å². The Morgan fingerprint density at radius 2 is 1.83 bits per heavy atom. The van der Waals surface area contributed by atoms with E-state index >= 15 is 0 Å². The van der Waals surface area contributed by atoms with E-state index in [4.69, 9.17) is 5.73 Å². The molecule has 3 nitrogen and oxygen atoms in total. The van der Waals surface area contributed by atoms with Crippen LogP contribution in [0.1, 0.15) is 64.4 Å². The number of rotatable bonds is 8. The highest BCUT2D eigenvalue weighted by atomic mass is 15.1. The standard InChI is InChI=1S/C15H29N3/c1-5-6-7-8-9-10-14-15(16)18(11-12(2)3)13(4)17-14/h12H,5-11,16H2,1-4H3. The third kappa shape index (κ3) is 4.35. The van der Waals surface area contributed by atoms with Gasteiger partial charge in [0.05, 0.1) is 5.69 Å². The summed E-state index contributed by atoms with van der Waals surface area (Å²) in [5.41, 5.74) is 7.30. The third-order valence-electron chi connectivity index (χ3n) is 3.34. The Morgan fingerprint density at radius 3 is 2.44 bits per heavy atom. The lowest BCUT2D eigenvalue weighted by atomic mass is 10.1. The van der Waals surface area contributed by atoms with Crippen molar-refractivity contribution in [2.45, 2.75) is 72.8 Å². The Morgan fingerprint density at radius 1 is 1.17 bits per heavy atom. The van der Waals surface area contributed by atoms with Gasteiger partial charge in [-0.05, 0) is 25.7 Å². The molecule has 2 N–H and O–H groups in total. The van der Waals surface area contributed by atoms with Crippen LogP contribution in [0.2, 0.25) is 0 Å². The van der Waals surface area contributed by atoms with Crippen molar-refractivity contribution in [1.29, 1.82) is 0 Å². The highest BCUT2D eigenvalue weighted by molar-refractivity contribution is 5.38. The van der Waals surface area contributed by atoms with Gasteiger partial charge in [-0.15, -0.1) is 0 Å². The van der Waals surface area contributed by atoms with Gasteiger partial charge in [-0.3, -0.25) is 0 Å². The molecule has 104 valence electrons. The van der Waals surface area contributed by atoms with Gasteiger partial charge in [-0.25, -0.2) is 4.98 Å². The molecular formula is C15H29N3. The van der Waals surface area contributed by atoms with Crippen LogP contribution in [0, 0.1) is 12.8 Å². The van der Waals surface area contributed by atoms with Crippen LogP contribution in [0.4, 0.5) is 5.82 Å². The quantitative estimate of drug-likeness (QED) is 0.711. The van der Waals surface area contributed by atoms with E-state index in [-0.39, 0.29) is 0 Å². The smallest absolute Gasteiger partial charge is 0.126 e. The molecule has 18 heavy (non-hydrogen) atoms. The fourth-order valence-corrected chi connectivity index (χ4v) is 2.32. The Labute approximate surface area is 112 Å². The van der Waals surface area contributed by atoms with E-state index in [1.54, 1.807) is 0 Å². The molecule has 1 heterocycles. The van der Waals surface area contributed by atoms with Crippen LogP contribution in [0.3, 0.4) is 0 Å².